The van der Waals surface area contributed by atoms with Crippen molar-refractivity contribution in [1.82, 2.24) is 0 Å². The first kappa shape index (κ1) is 53.6. The van der Waals surface area contributed by atoms with E-state index in [1.807, 2.05) is 12.2 Å². The second kappa shape index (κ2) is 38.8. The minimum Gasteiger partial charge on any atom is -0.462 e. The van der Waals surface area contributed by atoms with E-state index in [0.717, 1.165) is 51.4 Å². The monoisotopic (exact) mass is 827 g/mol. The number of aliphatic hydroxyl groups excluding tert-OH is 4. The summed E-state index contributed by atoms with van der Waals surface area (Å²) in [5.74, 6) is -0.949. The molecule has 4 N–H and O–H groups in total. The highest BCUT2D eigenvalue weighted by Crippen LogP contribution is 2.22. The number of rotatable bonds is 35. The number of esters is 2. The third-order valence-electron chi connectivity index (χ3n) is 9.44. The van der Waals surface area contributed by atoms with Gasteiger partial charge in [-0.1, -0.05) is 137 Å². The van der Waals surface area contributed by atoms with Gasteiger partial charge in [0, 0.05) is 12.8 Å². The van der Waals surface area contributed by atoms with E-state index in [2.05, 4.69) is 98.9 Å². The number of allylic oxidation sites excluding steroid dienone is 16. The topological polar surface area (TPSA) is 152 Å². The fourth-order valence-corrected chi connectivity index (χ4v) is 5.88. The standard InChI is InChI=1S/C49H78O10/c1-3-5-7-9-11-13-15-17-19-21-23-25-27-29-31-33-35-37-44(51)56-40-42(41-57-49-48(55)47(54)46(53)43(39-50)59-49)58-45(52)38-36-34-32-30-28-26-24-22-20-18-16-14-12-10-8-6-4-2/h11-14,17-20,23-26,29-32,42-43,46-50,53-55H,3-10,15-16,21-22,27-28,33-41H2,1-2H3/b13-11+,14-12+,19-17+,20-18+,25-23+,26-24+,31-29+,32-30+/t42-,43-,46+,47?,48?,49-/m0/s1. The number of hydrogen-bond acceptors (Lipinski definition) is 10. The zero-order chi connectivity index (χ0) is 43.0. The fourth-order valence-electron chi connectivity index (χ4n) is 5.88. The summed E-state index contributed by atoms with van der Waals surface area (Å²) in [4.78, 5) is 25.3. The van der Waals surface area contributed by atoms with Crippen LogP contribution in [0.1, 0.15) is 142 Å². The van der Waals surface area contributed by atoms with E-state index in [9.17, 15) is 30.0 Å². The summed E-state index contributed by atoms with van der Waals surface area (Å²) in [6.07, 6.45) is 44.2. The maximum atomic E-state index is 12.7. The van der Waals surface area contributed by atoms with Gasteiger partial charge in [-0.25, -0.2) is 0 Å². The summed E-state index contributed by atoms with van der Waals surface area (Å²) in [6.45, 7) is 3.23. The molecule has 0 bridgehead atoms. The maximum absolute atomic E-state index is 12.7. The molecule has 2 unspecified atom stereocenters. The van der Waals surface area contributed by atoms with Crippen LogP contribution in [-0.2, 0) is 28.5 Å². The summed E-state index contributed by atoms with van der Waals surface area (Å²) >= 11 is 0. The lowest BCUT2D eigenvalue weighted by Crippen LogP contribution is -2.59. The third kappa shape index (κ3) is 30.3. The van der Waals surface area contributed by atoms with Crippen LogP contribution in [0.5, 0.6) is 0 Å². The first-order chi connectivity index (χ1) is 28.8. The maximum Gasteiger partial charge on any atom is 0.306 e. The predicted molar refractivity (Wildman–Crippen MR) is 237 cm³/mol. The lowest BCUT2D eigenvalue weighted by molar-refractivity contribution is -0.305. The van der Waals surface area contributed by atoms with Crippen LogP contribution >= 0.6 is 0 Å². The highest BCUT2D eigenvalue weighted by atomic mass is 16.7. The molecule has 0 aromatic carbocycles. The highest BCUT2D eigenvalue weighted by molar-refractivity contribution is 5.70. The molecule has 0 radical (unpaired) electrons. The van der Waals surface area contributed by atoms with Crippen molar-refractivity contribution in [3.63, 3.8) is 0 Å². The number of ether oxygens (including phenoxy) is 4. The van der Waals surface area contributed by atoms with Gasteiger partial charge in [0.25, 0.3) is 0 Å². The summed E-state index contributed by atoms with van der Waals surface area (Å²) in [7, 11) is 0. The van der Waals surface area contributed by atoms with Crippen LogP contribution in [0.15, 0.2) is 97.2 Å². The van der Waals surface area contributed by atoms with Crippen molar-refractivity contribution in [2.75, 3.05) is 19.8 Å². The molecule has 0 aromatic heterocycles. The Kier molecular flexibility index (Phi) is 35.3. The lowest BCUT2D eigenvalue weighted by Gasteiger charge is -2.39. The Hall–Kier alpha value is -3.38. The van der Waals surface area contributed by atoms with Gasteiger partial charge in [0.2, 0.25) is 0 Å². The number of hydrogen-bond donors (Lipinski definition) is 4. The average molecular weight is 827 g/mol. The van der Waals surface area contributed by atoms with Gasteiger partial charge in [-0.15, -0.1) is 0 Å². The van der Waals surface area contributed by atoms with Gasteiger partial charge in [-0.05, 0) is 89.9 Å². The van der Waals surface area contributed by atoms with Crippen LogP contribution in [0.25, 0.3) is 0 Å². The molecule has 1 aliphatic rings. The Balaban J connectivity index is 2.44. The van der Waals surface area contributed by atoms with Crippen molar-refractivity contribution >= 4 is 11.9 Å². The van der Waals surface area contributed by atoms with Crippen molar-refractivity contribution in [3.05, 3.63) is 97.2 Å². The summed E-state index contributed by atoms with van der Waals surface area (Å²) < 4.78 is 22.0. The van der Waals surface area contributed by atoms with Crippen molar-refractivity contribution in [1.29, 1.82) is 0 Å². The SMILES string of the molecule is CCCCC/C=C/C/C=C/C/C=C/C/C=C/CCCC(=O)OC[C@@H](CO[C@H]1O[C@@H](CO)[C@@H](O)C(O)C1O)OC(=O)CCC/C=C/C/C=C/C/C=C/C/C=C/CCCCC. The van der Waals surface area contributed by atoms with Gasteiger partial charge in [0.15, 0.2) is 12.4 Å². The van der Waals surface area contributed by atoms with E-state index >= 15 is 0 Å². The second-order valence-electron chi connectivity index (χ2n) is 14.8. The Morgan fingerprint density at radius 2 is 0.932 bits per heavy atom. The zero-order valence-electron chi connectivity index (χ0n) is 36.2. The molecule has 1 fully saturated rings. The van der Waals surface area contributed by atoms with Gasteiger partial charge in [0.1, 0.15) is 31.0 Å². The largest absolute Gasteiger partial charge is 0.462 e. The molecule has 0 aromatic rings. The van der Waals surface area contributed by atoms with E-state index in [-0.39, 0.29) is 26.1 Å². The van der Waals surface area contributed by atoms with Crippen LogP contribution in [-0.4, -0.2) is 89.0 Å². The minimum absolute atomic E-state index is 0.137. The van der Waals surface area contributed by atoms with E-state index in [0.29, 0.717) is 25.7 Å². The number of carbonyl (C=O) groups is 2. The Labute approximate surface area is 356 Å². The van der Waals surface area contributed by atoms with Crippen LogP contribution in [0.4, 0.5) is 0 Å². The van der Waals surface area contributed by atoms with Crippen molar-refractivity contribution < 1.29 is 49.0 Å². The molecular weight excluding hydrogens is 749 g/mol. The molecule has 10 heteroatoms. The molecule has 1 rings (SSSR count). The molecule has 0 spiro atoms. The van der Waals surface area contributed by atoms with Crippen LogP contribution < -0.4 is 0 Å². The molecule has 10 nitrogen and oxygen atoms in total. The van der Waals surface area contributed by atoms with Crippen molar-refractivity contribution in [2.24, 2.45) is 0 Å². The summed E-state index contributed by atoms with van der Waals surface area (Å²) in [6, 6.07) is 0. The molecule has 6 atom stereocenters. The Morgan fingerprint density at radius 1 is 0.525 bits per heavy atom. The molecule has 1 heterocycles. The van der Waals surface area contributed by atoms with Crippen LogP contribution in [0.3, 0.4) is 0 Å². The summed E-state index contributed by atoms with van der Waals surface area (Å²) in [5, 5.41) is 40.1. The first-order valence-corrected chi connectivity index (χ1v) is 22.3. The third-order valence-corrected chi connectivity index (χ3v) is 9.44. The van der Waals surface area contributed by atoms with Crippen molar-refractivity contribution in [3.8, 4) is 0 Å². The number of unbranched alkanes of at least 4 members (excludes halogenated alkanes) is 8. The number of carbonyl (C=O) groups excluding carboxylic acids is 2. The first-order valence-electron chi connectivity index (χ1n) is 22.3. The summed E-state index contributed by atoms with van der Waals surface area (Å²) in [5.41, 5.74) is 0. The van der Waals surface area contributed by atoms with Gasteiger partial charge >= 0.3 is 11.9 Å². The normalized spacial score (nSPS) is 20.9. The Morgan fingerprint density at radius 3 is 1.36 bits per heavy atom. The molecule has 1 saturated heterocycles. The van der Waals surface area contributed by atoms with Crippen molar-refractivity contribution in [2.45, 2.75) is 179 Å². The van der Waals surface area contributed by atoms with Gasteiger partial charge in [-0.3, -0.25) is 9.59 Å². The van der Waals surface area contributed by atoms with Crippen LogP contribution in [0.2, 0.25) is 0 Å². The van der Waals surface area contributed by atoms with E-state index in [1.165, 1.54) is 38.5 Å². The minimum atomic E-state index is -1.62. The lowest BCUT2D eigenvalue weighted by atomic mass is 9.99. The Bertz CT molecular complexity index is 1280. The smallest absolute Gasteiger partial charge is 0.306 e. The molecule has 0 aliphatic carbocycles. The molecular formula is C49H78O10. The second-order valence-corrected chi connectivity index (χ2v) is 14.8. The molecule has 0 amide bonds. The van der Waals surface area contributed by atoms with E-state index in [4.69, 9.17) is 18.9 Å². The molecule has 1 aliphatic heterocycles. The van der Waals surface area contributed by atoms with Gasteiger partial charge < -0.3 is 39.4 Å². The van der Waals surface area contributed by atoms with Gasteiger partial charge in [0.05, 0.1) is 13.2 Å². The zero-order valence-corrected chi connectivity index (χ0v) is 36.2. The molecule has 0 saturated carbocycles. The van der Waals surface area contributed by atoms with E-state index in [1.54, 1.807) is 0 Å². The predicted octanol–water partition coefficient (Wildman–Crippen LogP) is 9.55. The quantitative estimate of drug-likeness (QED) is 0.0276. The van der Waals surface area contributed by atoms with Gasteiger partial charge in [-0.2, -0.15) is 0 Å². The highest BCUT2D eigenvalue weighted by Gasteiger charge is 2.44. The fraction of sp³-hybridized carbons (Fsp3) is 0.633. The molecule has 59 heavy (non-hydrogen) atoms. The van der Waals surface area contributed by atoms with Crippen LogP contribution in [0, 0.1) is 0 Å². The average Bonchev–Trinajstić information content (AvgIpc) is 3.23. The van der Waals surface area contributed by atoms with E-state index < -0.39 is 55.4 Å². The number of aliphatic hydroxyl groups is 4. The molecule has 334 valence electrons.